The minimum absolute atomic E-state index is 0.131. The van der Waals surface area contributed by atoms with Crippen LogP contribution in [0.25, 0.3) is 10.2 Å². The maximum Gasteiger partial charge on any atom is 0.337 e. The van der Waals surface area contributed by atoms with Gasteiger partial charge < -0.3 is 5.11 Å². The van der Waals surface area contributed by atoms with E-state index in [-0.39, 0.29) is 10.4 Å². The second kappa shape index (κ2) is 3.76. The fourth-order valence-corrected chi connectivity index (χ4v) is 2.87. The van der Waals surface area contributed by atoms with E-state index in [4.69, 9.17) is 5.11 Å². The molecule has 1 aromatic heterocycles. The van der Waals surface area contributed by atoms with Gasteiger partial charge in [0.15, 0.2) is 0 Å². The Balaban J connectivity index is 2.94. The summed E-state index contributed by atoms with van der Waals surface area (Å²) < 4.78 is 2.16. The first-order valence-corrected chi connectivity index (χ1v) is 5.84. The van der Waals surface area contributed by atoms with Crippen molar-refractivity contribution < 1.29 is 9.90 Å². The summed E-state index contributed by atoms with van der Waals surface area (Å²) in [6.07, 6.45) is 0.406. The average Bonchev–Trinajstić information content (AvgIpc) is 2.52. The molecule has 1 unspecified atom stereocenters. The minimum Gasteiger partial charge on any atom is -0.478 e. The van der Waals surface area contributed by atoms with Crippen molar-refractivity contribution in [2.24, 2.45) is 0 Å². The highest BCUT2D eigenvalue weighted by Crippen LogP contribution is 2.21. The van der Waals surface area contributed by atoms with E-state index in [1.54, 1.807) is 12.1 Å². The van der Waals surface area contributed by atoms with Gasteiger partial charge in [-0.2, -0.15) is 0 Å². The Kier molecular flexibility index (Phi) is 2.59. The molecule has 0 aliphatic heterocycles. The van der Waals surface area contributed by atoms with E-state index in [9.17, 15) is 9.59 Å². The summed E-state index contributed by atoms with van der Waals surface area (Å²) in [6.45, 7) is 0. The van der Waals surface area contributed by atoms with Gasteiger partial charge in [-0.25, -0.2) is 4.79 Å². The molecular formula is C9H8NO3PS. The molecule has 15 heavy (non-hydrogen) atoms. The molecular weight excluding hydrogens is 233 g/mol. The van der Waals surface area contributed by atoms with Crippen molar-refractivity contribution in [3.05, 3.63) is 33.4 Å². The van der Waals surface area contributed by atoms with Crippen LogP contribution in [0.2, 0.25) is 0 Å². The standard InChI is InChI=1S/C9H8NO3PS/c11-8(12)5-2-1-3-6-7(5)10(4-14)9(13)15-6/h1-3H,4,14H2,(H,11,12). The summed E-state index contributed by atoms with van der Waals surface area (Å²) in [5.41, 5.74) is 0.684. The van der Waals surface area contributed by atoms with Crippen LogP contribution in [0.3, 0.4) is 0 Å². The molecule has 0 amide bonds. The van der Waals surface area contributed by atoms with Crippen LogP contribution in [-0.2, 0) is 6.29 Å². The molecule has 0 bridgehead atoms. The van der Waals surface area contributed by atoms with Gasteiger partial charge in [-0.05, 0) is 12.1 Å². The van der Waals surface area contributed by atoms with E-state index in [1.165, 1.54) is 10.6 Å². The van der Waals surface area contributed by atoms with Crippen molar-refractivity contribution in [2.45, 2.75) is 6.29 Å². The van der Waals surface area contributed by atoms with Gasteiger partial charge in [0.2, 0.25) is 0 Å². The van der Waals surface area contributed by atoms with Gasteiger partial charge in [0, 0.05) is 6.29 Å². The molecule has 78 valence electrons. The van der Waals surface area contributed by atoms with Crippen molar-refractivity contribution in [3.63, 3.8) is 0 Å². The highest BCUT2D eigenvalue weighted by atomic mass is 32.1. The first kappa shape index (κ1) is 10.3. The monoisotopic (exact) mass is 241 g/mol. The number of rotatable bonds is 2. The summed E-state index contributed by atoms with van der Waals surface area (Å²) >= 11 is 1.07. The third-order valence-corrected chi connectivity index (χ3v) is 3.41. The van der Waals surface area contributed by atoms with Crippen molar-refractivity contribution in [1.82, 2.24) is 4.57 Å². The number of benzene rings is 1. The molecule has 0 spiro atoms. The van der Waals surface area contributed by atoms with Gasteiger partial charge in [-0.1, -0.05) is 17.4 Å². The number of aromatic carboxylic acids is 1. The van der Waals surface area contributed by atoms with E-state index in [0.717, 1.165) is 11.3 Å². The topological polar surface area (TPSA) is 59.3 Å². The molecule has 0 saturated heterocycles. The molecule has 0 aliphatic carbocycles. The van der Waals surface area contributed by atoms with Crippen LogP contribution in [0.5, 0.6) is 0 Å². The SMILES string of the molecule is O=C(O)c1cccc2sc(=O)n(CP)c12. The zero-order valence-corrected chi connectivity index (χ0v) is 9.61. The summed E-state index contributed by atoms with van der Waals surface area (Å²) in [6, 6.07) is 4.91. The Bertz CT molecular complexity index is 587. The van der Waals surface area contributed by atoms with Crippen LogP contribution in [0, 0.1) is 0 Å². The number of hydrogen-bond donors (Lipinski definition) is 1. The van der Waals surface area contributed by atoms with E-state index < -0.39 is 5.97 Å². The fourth-order valence-electron chi connectivity index (χ4n) is 1.46. The van der Waals surface area contributed by atoms with Gasteiger partial charge in [0.25, 0.3) is 0 Å². The zero-order chi connectivity index (χ0) is 11.0. The predicted molar refractivity (Wildman–Crippen MR) is 62.8 cm³/mol. The van der Waals surface area contributed by atoms with E-state index >= 15 is 0 Å². The number of para-hydroxylation sites is 1. The quantitative estimate of drug-likeness (QED) is 0.812. The number of thiazole rings is 1. The lowest BCUT2D eigenvalue weighted by Gasteiger charge is -2.01. The Morgan fingerprint density at radius 1 is 1.53 bits per heavy atom. The third kappa shape index (κ3) is 1.58. The maximum atomic E-state index is 11.5. The number of carboxylic acid groups (broad SMARTS) is 1. The average molecular weight is 241 g/mol. The molecule has 2 aromatic rings. The molecule has 0 radical (unpaired) electrons. The molecule has 6 heteroatoms. The smallest absolute Gasteiger partial charge is 0.337 e. The van der Waals surface area contributed by atoms with Crippen molar-refractivity contribution in [2.75, 3.05) is 0 Å². The summed E-state index contributed by atoms with van der Waals surface area (Å²) in [5, 5.41) is 8.99. The summed E-state index contributed by atoms with van der Waals surface area (Å²) in [4.78, 5) is 22.4. The fraction of sp³-hybridized carbons (Fsp3) is 0.111. The van der Waals surface area contributed by atoms with Crippen LogP contribution < -0.4 is 4.87 Å². The van der Waals surface area contributed by atoms with Gasteiger partial charge in [0.1, 0.15) is 0 Å². The molecule has 1 N–H and O–H groups in total. The van der Waals surface area contributed by atoms with Gasteiger partial charge in [-0.3, -0.25) is 9.36 Å². The zero-order valence-electron chi connectivity index (χ0n) is 7.64. The largest absolute Gasteiger partial charge is 0.478 e. The molecule has 2 rings (SSSR count). The predicted octanol–water partition coefficient (Wildman–Crippen LogP) is 1.59. The van der Waals surface area contributed by atoms with Gasteiger partial charge in [0.05, 0.1) is 15.8 Å². The Morgan fingerprint density at radius 3 is 2.87 bits per heavy atom. The second-order valence-corrected chi connectivity index (χ2v) is 4.29. The number of nitrogens with zero attached hydrogens (tertiary/aromatic N) is 1. The van der Waals surface area contributed by atoms with Crippen LogP contribution in [-0.4, -0.2) is 15.6 Å². The highest BCUT2D eigenvalue weighted by molar-refractivity contribution is 7.17. The molecule has 0 saturated carbocycles. The summed E-state index contributed by atoms with van der Waals surface area (Å²) in [5.74, 6) is -1.01. The Labute approximate surface area is 91.4 Å². The van der Waals surface area contributed by atoms with Crippen molar-refractivity contribution in [3.8, 4) is 0 Å². The van der Waals surface area contributed by atoms with E-state index in [1.807, 2.05) is 0 Å². The highest BCUT2D eigenvalue weighted by Gasteiger charge is 2.14. The molecule has 1 atom stereocenters. The van der Waals surface area contributed by atoms with Gasteiger partial charge in [-0.15, -0.1) is 9.24 Å². The minimum atomic E-state index is -1.01. The molecule has 1 heterocycles. The lowest BCUT2D eigenvalue weighted by molar-refractivity contribution is 0.0698. The molecule has 1 aromatic carbocycles. The first-order valence-electron chi connectivity index (χ1n) is 4.21. The van der Waals surface area contributed by atoms with Crippen LogP contribution in [0.15, 0.2) is 23.0 Å². The number of carbonyl (C=O) groups is 1. The number of hydrogen-bond acceptors (Lipinski definition) is 3. The van der Waals surface area contributed by atoms with E-state index in [2.05, 4.69) is 9.24 Å². The number of carboxylic acids is 1. The van der Waals surface area contributed by atoms with Crippen molar-refractivity contribution in [1.29, 1.82) is 0 Å². The van der Waals surface area contributed by atoms with Crippen molar-refractivity contribution >= 4 is 36.8 Å². The third-order valence-electron chi connectivity index (χ3n) is 2.10. The van der Waals surface area contributed by atoms with E-state index in [0.29, 0.717) is 16.5 Å². The first-order chi connectivity index (χ1) is 7.15. The summed E-state index contributed by atoms with van der Waals surface area (Å²) in [7, 11) is 2.42. The van der Waals surface area contributed by atoms with Gasteiger partial charge >= 0.3 is 10.8 Å². The molecule has 0 fully saturated rings. The normalized spacial score (nSPS) is 10.7. The lowest BCUT2D eigenvalue weighted by Crippen LogP contribution is -2.11. The molecule has 4 nitrogen and oxygen atoms in total. The van der Waals surface area contributed by atoms with Crippen LogP contribution in [0.4, 0.5) is 0 Å². The number of fused-ring (bicyclic) bond motifs is 1. The molecule has 0 aliphatic rings. The second-order valence-electron chi connectivity index (χ2n) is 2.94. The lowest BCUT2D eigenvalue weighted by atomic mass is 10.2. The number of aromatic nitrogens is 1. The van der Waals surface area contributed by atoms with Crippen LogP contribution in [0.1, 0.15) is 10.4 Å². The Hall–Kier alpha value is -1.19. The Morgan fingerprint density at radius 2 is 2.27 bits per heavy atom. The van der Waals surface area contributed by atoms with Crippen LogP contribution >= 0.6 is 20.6 Å². The maximum absolute atomic E-state index is 11.5.